The third kappa shape index (κ3) is 5.74. The number of halogens is 1. The van der Waals surface area contributed by atoms with Crippen LogP contribution in [0.25, 0.3) is 0 Å². The number of amides is 2. The zero-order valence-corrected chi connectivity index (χ0v) is 13.8. The van der Waals surface area contributed by atoms with Gasteiger partial charge < -0.3 is 20.1 Å². The highest BCUT2D eigenvalue weighted by Crippen LogP contribution is 2.24. The van der Waals surface area contributed by atoms with Gasteiger partial charge in [-0.2, -0.15) is 0 Å². The summed E-state index contributed by atoms with van der Waals surface area (Å²) in [6.45, 7) is 0.674. The summed E-state index contributed by atoms with van der Waals surface area (Å²) in [5.41, 5.74) is 1.45. The molecule has 5 nitrogen and oxygen atoms in total. The maximum absolute atomic E-state index is 13.1. The Hall–Kier alpha value is -3.20. The second-order valence-electron chi connectivity index (χ2n) is 5.11. The van der Waals surface area contributed by atoms with E-state index in [1.165, 1.54) is 25.3 Å². The molecule has 0 aromatic heterocycles. The Morgan fingerprint density at radius 2 is 2.00 bits per heavy atom. The number of carbonyl (C=O) groups is 1. The summed E-state index contributed by atoms with van der Waals surface area (Å²) in [5.74, 6) is 2.94. The van der Waals surface area contributed by atoms with Gasteiger partial charge in [-0.1, -0.05) is 18.1 Å². The minimum atomic E-state index is -0.433. The van der Waals surface area contributed by atoms with Crippen LogP contribution in [-0.4, -0.2) is 26.3 Å². The highest BCUT2D eigenvalue weighted by Gasteiger charge is 2.08. The van der Waals surface area contributed by atoms with Crippen LogP contribution in [0.1, 0.15) is 5.56 Å². The van der Waals surface area contributed by atoms with E-state index in [9.17, 15) is 9.18 Å². The monoisotopic (exact) mass is 342 g/mol. The van der Waals surface area contributed by atoms with Gasteiger partial charge in [-0.25, -0.2) is 9.18 Å². The molecule has 2 rings (SSSR count). The molecule has 0 aliphatic heterocycles. The Morgan fingerprint density at radius 3 is 2.68 bits per heavy atom. The van der Waals surface area contributed by atoms with Crippen LogP contribution in [-0.2, 0) is 6.42 Å². The van der Waals surface area contributed by atoms with Gasteiger partial charge in [-0.3, -0.25) is 0 Å². The number of urea groups is 1. The Kier molecular flexibility index (Phi) is 6.66. The molecule has 2 aromatic carbocycles. The third-order valence-corrected chi connectivity index (χ3v) is 3.36. The van der Waals surface area contributed by atoms with Crippen LogP contribution in [0.3, 0.4) is 0 Å². The molecule has 0 heterocycles. The number of ether oxygens (including phenoxy) is 2. The van der Waals surface area contributed by atoms with Gasteiger partial charge in [0.1, 0.15) is 23.9 Å². The van der Waals surface area contributed by atoms with E-state index in [2.05, 4.69) is 16.6 Å². The lowest BCUT2D eigenvalue weighted by Crippen LogP contribution is -2.30. The summed E-state index contributed by atoms with van der Waals surface area (Å²) >= 11 is 0. The molecule has 0 fully saturated rings. The van der Waals surface area contributed by atoms with E-state index < -0.39 is 5.82 Å². The van der Waals surface area contributed by atoms with E-state index in [4.69, 9.17) is 15.9 Å². The van der Waals surface area contributed by atoms with Crippen molar-refractivity contribution in [1.82, 2.24) is 5.32 Å². The number of anilines is 1. The minimum absolute atomic E-state index is 0.230. The van der Waals surface area contributed by atoms with E-state index in [0.29, 0.717) is 24.4 Å². The highest BCUT2D eigenvalue weighted by atomic mass is 19.1. The molecule has 6 heteroatoms. The average Bonchev–Trinajstić information content (AvgIpc) is 2.62. The summed E-state index contributed by atoms with van der Waals surface area (Å²) in [4.78, 5) is 11.9. The molecule has 0 radical (unpaired) electrons. The van der Waals surface area contributed by atoms with Crippen LogP contribution in [0.5, 0.6) is 11.5 Å². The number of nitrogens with one attached hydrogen (secondary N) is 2. The van der Waals surface area contributed by atoms with Gasteiger partial charge in [-0.05, 0) is 36.2 Å². The van der Waals surface area contributed by atoms with E-state index in [1.54, 1.807) is 0 Å². The largest absolute Gasteiger partial charge is 0.494 e. The molecular weight excluding hydrogens is 323 g/mol. The van der Waals surface area contributed by atoms with Crippen molar-refractivity contribution in [3.63, 3.8) is 0 Å². The SMILES string of the molecule is C#CCOc1ccc(CCNC(=O)Nc2ccc(F)cc2OC)cc1. The average molecular weight is 342 g/mol. The number of carbonyl (C=O) groups excluding carboxylic acids is 1. The quantitative estimate of drug-likeness (QED) is 0.760. The van der Waals surface area contributed by atoms with Gasteiger partial charge in [0.2, 0.25) is 0 Å². The van der Waals surface area contributed by atoms with Crippen molar-refractivity contribution < 1.29 is 18.7 Å². The predicted molar refractivity (Wildman–Crippen MR) is 94.4 cm³/mol. The maximum Gasteiger partial charge on any atom is 0.319 e. The molecule has 2 aromatic rings. The molecule has 0 spiro atoms. The van der Waals surface area contributed by atoms with Crippen LogP contribution < -0.4 is 20.1 Å². The molecule has 0 saturated carbocycles. The number of methoxy groups -OCH3 is 1. The number of hydrogen-bond donors (Lipinski definition) is 2. The molecule has 2 N–H and O–H groups in total. The third-order valence-electron chi connectivity index (χ3n) is 3.36. The van der Waals surface area contributed by atoms with E-state index in [-0.39, 0.29) is 18.4 Å². The molecule has 0 bridgehead atoms. The highest BCUT2D eigenvalue weighted by molar-refractivity contribution is 5.90. The van der Waals surface area contributed by atoms with Gasteiger partial charge in [0.15, 0.2) is 0 Å². The lowest BCUT2D eigenvalue weighted by atomic mass is 10.1. The summed E-state index contributed by atoms with van der Waals surface area (Å²) in [6.07, 6.45) is 5.79. The van der Waals surface area contributed by atoms with Crippen molar-refractivity contribution in [1.29, 1.82) is 0 Å². The number of terminal acetylenes is 1. The fourth-order valence-corrected chi connectivity index (χ4v) is 2.13. The first kappa shape index (κ1) is 18.1. The van der Waals surface area contributed by atoms with Gasteiger partial charge in [0.25, 0.3) is 0 Å². The lowest BCUT2D eigenvalue weighted by Gasteiger charge is -2.11. The van der Waals surface area contributed by atoms with Crippen molar-refractivity contribution in [2.45, 2.75) is 6.42 Å². The van der Waals surface area contributed by atoms with Crippen LogP contribution >= 0.6 is 0 Å². The van der Waals surface area contributed by atoms with Crippen molar-refractivity contribution in [2.24, 2.45) is 0 Å². The summed E-state index contributed by atoms with van der Waals surface area (Å²) < 4.78 is 23.5. The van der Waals surface area contributed by atoms with Crippen LogP contribution in [0, 0.1) is 18.2 Å². The zero-order valence-electron chi connectivity index (χ0n) is 13.8. The Bertz CT molecular complexity index is 754. The topological polar surface area (TPSA) is 59.6 Å². The summed E-state index contributed by atoms with van der Waals surface area (Å²) in [6, 6.07) is 11.0. The van der Waals surface area contributed by atoms with Crippen LogP contribution in [0.2, 0.25) is 0 Å². The first-order valence-electron chi connectivity index (χ1n) is 7.66. The van der Waals surface area contributed by atoms with Gasteiger partial charge >= 0.3 is 6.03 Å². The maximum atomic E-state index is 13.1. The number of rotatable bonds is 7. The zero-order chi connectivity index (χ0) is 18.1. The molecule has 25 heavy (non-hydrogen) atoms. The summed E-state index contributed by atoms with van der Waals surface area (Å²) in [7, 11) is 1.41. The van der Waals surface area contributed by atoms with Crippen molar-refractivity contribution in [2.75, 3.05) is 25.6 Å². The van der Waals surface area contributed by atoms with E-state index in [1.807, 2.05) is 24.3 Å². The second kappa shape index (κ2) is 9.18. The smallest absolute Gasteiger partial charge is 0.319 e. The molecule has 0 saturated heterocycles. The predicted octanol–water partition coefficient (Wildman–Crippen LogP) is 3.21. The van der Waals surface area contributed by atoms with Crippen molar-refractivity contribution in [3.05, 3.63) is 53.8 Å². The first-order valence-corrected chi connectivity index (χ1v) is 7.66. The molecule has 0 aliphatic carbocycles. The fourth-order valence-electron chi connectivity index (χ4n) is 2.13. The Morgan fingerprint density at radius 1 is 1.24 bits per heavy atom. The molecule has 0 atom stereocenters. The first-order chi connectivity index (χ1) is 12.1. The number of hydrogen-bond acceptors (Lipinski definition) is 3. The molecule has 0 unspecified atom stereocenters. The Balaban J connectivity index is 1.80. The molecule has 2 amide bonds. The molecular formula is C19H19FN2O3. The van der Waals surface area contributed by atoms with Crippen molar-refractivity contribution >= 4 is 11.7 Å². The van der Waals surface area contributed by atoms with Gasteiger partial charge in [0, 0.05) is 12.6 Å². The Labute approximate surface area is 146 Å². The normalized spacial score (nSPS) is 9.80. The lowest BCUT2D eigenvalue weighted by molar-refractivity contribution is 0.252. The van der Waals surface area contributed by atoms with E-state index >= 15 is 0 Å². The van der Waals surface area contributed by atoms with Crippen LogP contribution in [0.15, 0.2) is 42.5 Å². The van der Waals surface area contributed by atoms with Crippen molar-refractivity contribution in [3.8, 4) is 23.8 Å². The van der Waals surface area contributed by atoms with Crippen LogP contribution in [0.4, 0.5) is 14.9 Å². The number of benzene rings is 2. The standard InChI is InChI=1S/C19H19FN2O3/c1-3-12-25-16-7-4-14(5-8-16)10-11-21-19(23)22-17-9-6-15(20)13-18(17)24-2/h1,4-9,13H,10-12H2,2H3,(H2,21,22,23). The van der Waals surface area contributed by atoms with Gasteiger partial charge in [-0.15, -0.1) is 6.42 Å². The second-order valence-corrected chi connectivity index (χ2v) is 5.11. The summed E-state index contributed by atoms with van der Waals surface area (Å²) in [5, 5.41) is 5.36. The minimum Gasteiger partial charge on any atom is -0.494 e. The van der Waals surface area contributed by atoms with Gasteiger partial charge in [0.05, 0.1) is 12.8 Å². The fraction of sp³-hybridized carbons (Fsp3) is 0.211. The van der Waals surface area contributed by atoms with E-state index in [0.717, 1.165) is 5.56 Å². The molecule has 0 aliphatic rings. The molecule has 130 valence electrons.